The van der Waals surface area contributed by atoms with E-state index in [0.717, 1.165) is 10.2 Å². The molecule has 3 rings (SSSR count). The summed E-state index contributed by atoms with van der Waals surface area (Å²) in [6, 6.07) is 14.0. The van der Waals surface area contributed by atoms with Crippen molar-refractivity contribution in [1.82, 2.24) is 9.78 Å². The van der Waals surface area contributed by atoms with Crippen LogP contribution in [0.3, 0.4) is 0 Å². The maximum atomic E-state index is 12.0. The summed E-state index contributed by atoms with van der Waals surface area (Å²) in [5.74, 6) is 0.499. The molecule has 0 saturated heterocycles. The normalized spacial score (nSPS) is 10.6. The molecular formula is C18H16BrN3O3. The summed E-state index contributed by atoms with van der Waals surface area (Å²) < 4.78 is 7.59. The summed E-state index contributed by atoms with van der Waals surface area (Å²) in [5.41, 5.74) is 1.12. The van der Waals surface area contributed by atoms with Gasteiger partial charge in [0, 0.05) is 29.2 Å². The summed E-state index contributed by atoms with van der Waals surface area (Å²) >= 11 is 3.35. The van der Waals surface area contributed by atoms with Gasteiger partial charge < -0.3 is 9.73 Å². The number of halogens is 1. The largest absolute Gasteiger partial charge is 0.463 e. The van der Waals surface area contributed by atoms with Crippen molar-refractivity contribution in [3.8, 4) is 11.5 Å². The van der Waals surface area contributed by atoms with Gasteiger partial charge in [0.15, 0.2) is 5.76 Å². The van der Waals surface area contributed by atoms with E-state index < -0.39 is 0 Å². The molecule has 0 aliphatic heterocycles. The van der Waals surface area contributed by atoms with Crippen molar-refractivity contribution in [2.24, 2.45) is 0 Å². The molecule has 7 heteroatoms. The van der Waals surface area contributed by atoms with Crippen LogP contribution in [0.5, 0.6) is 0 Å². The van der Waals surface area contributed by atoms with Gasteiger partial charge in [0.05, 0.1) is 6.26 Å². The van der Waals surface area contributed by atoms with E-state index in [-0.39, 0.29) is 11.5 Å². The number of anilines is 1. The molecule has 128 valence electrons. The van der Waals surface area contributed by atoms with Crippen molar-refractivity contribution >= 4 is 27.5 Å². The standard InChI is InChI=1S/C18H16BrN3O3/c19-13-5-7-14(8-6-13)20-17(23)4-1-11-22-18(24)10-9-15(21-22)16-3-2-12-25-16/h2-3,5-10,12H,1,4,11H2,(H,20,23). The number of carbonyl (C=O) groups excluding carboxylic acids is 1. The van der Waals surface area contributed by atoms with Gasteiger partial charge in [-0.15, -0.1) is 0 Å². The van der Waals surface area contributed by atoms with E-state index in [1.807, 2.05) is 24.3 Å². The van der Waals surface area contributed by atoms with E-state index in [1.165, 1.54) is 10.7 Å². The summed E-state index contributed by atoms with van der Waals surface area (Å²) in [7, 11) is 0. The fourth-order valence-electron chi connectivity index (χ4n) is 2.31. The molecule has 3 aromatic rings. The Hall–Kier alpha value is -2.67. The summed E-state index contributed by atoms with van der Waals surface area (Å²) in [6.07, 6.45) is 2.37. The average molecular weight is 402 g/mol. The molecule has 0 aliphatic carbocycles. The van der Waals surface area contributed by atoms with Crippen LogP contribution in [0.4, 0.5) is 5.69 Å². The molecule has 0 spiro atoms. The molecule has 0 aliphatic rings. The van der Waals surface area contributed by atoms with Crippen molar-refractivity contribution in [2.75, 3.05) is 5.32 Å². The molecule has 0 bridgehead atoms. The number of furan rings is 1. The van der Waals surface area contributed by atoms with Gasteiger partial charge >= 0.3 is 0 Å². The molecule has 0 radical (unpaired) electrons. The first-order valence-electron chi connectivity index (χ1n) is 7.79. The average Bonchev–Trinajstić information content (AvgIpc) is 3.13. The molecule has 6 nitrogen and oxygen atoms in total. The van der Waals surface area contributed by atoms with Gasteiger partial charge in [0.2, 0.25) is 5.91 Å². The highest BCUT2D eigenvalue weighted by Crippen LogP contribution is 2.16. The third-order valence-electron chi connectivity index (χ3n) is 3.54. The van der Waals surface area contributed by atoms with Crippen molar-refractivity contribution in [3.05, 3.63) is 69.6 Å². The number of nitrogens with zero attached hydrogens (tertiary/aromatic N) is 2. The lowest BCUT2D eigenvalue weighted by Gasteiger charge is -2.07. The molecule has 1 amide bonds. The molecule has 1 N–H and O–H groups in total. The number of aromatic nitrogens is 2. The van der Waals surface area contributed by atoms with Crippen molar-refractivity contribution in [1.29, 1.82) is 0 Å². The molecule has 0 fully saturated rings. The summed E-state index contributed by atoms with van der Waals surface area (Å²) in [6.45, 7) is 0.362. The Balaban J connectivity index is 1.56. The first kappa shape index (κ1) is 17.2. The van der Waals surface area contributed by atoms with E-state index in [1.54, 1.807) is 24.5 Å². The van der Waals surface area contributed by atoms with Crippen molar-refractivity contribution in [2.45, 2.75) is 19.4 Å². The number of benzene rings is 1. The fraction of sp³-hybridized carbons (Fsp3) is 0.167. The number of amides is 1. The van der Waals surface area contributed by atoms with Crippen LogP contribution in [0.1, 0.15) is 12.8 Å². The van der Waals surface area contributed by atoms with Gasteiger partial charge in [0.1, 0.15) is 5.69 Å². The van der Waals surface area contributed by atoms with E-state index in [2.05, 4.69) is 26.3 Å². The second-order valence-corrected chi connectivity index (χ2v) is 6.33. The summed E-state index contributed by atoms with van der Waals surface area (Å²) in [4.78, 5) is 23.9. The third kappa shape index (κ3) is 4.67. The lowest BCUT2D eigenvalue weighted by Crippen LogP contribution is -2.23. The predicted octanol–water partition coefficient (Wildman–Crippen LogP) is 3.68. The monoisotopic (exact) mass is 401 g/mol. The molecule has 2 heterocycles. The SMILES string of the molecule is O=C(CCCn1nc(-c2ccco2)ccc1=O)Nc1ccc(Br)cc1. The van der Waals surface area contributed by atoms with Crippen LogP contribution in [0.15, 0.2) is 68.5 Å². The van der Waals surface area contributed by atoms with E-state index in [0.29, 0.717) is 30.8 Å². The van der Waals surface area contributed by atoms with Crippen LogP contribution in [0, 0.1) is 0 Å². The fourth-order valence-corrected chi connectivity index (χ4v) is 2.58. The molecular weight excluding hydrogens is 386 g/mol. The summed E-state index contributed by atoms with van der Waals surface area (Å²) in [5, 5.41) is 7.10. The van der Waals surface area contributed by atoms with Crippen molar-refractivity contribution in [3.63, 3.8) is 0 Å². The number of nitrogens with one attached hydrogen (secondary N) is 1. The zero-order chi connectivity index (χ0) is 17.6. The van der Waals surface area contributed by atoms with Crippen molar-refractivity contribution < 1.29 is 9.21 Å². The molecule has 2 aromatic heterocycles. The second-order valence-electron chi connectivity index (χ2n) is 5.42. The number of carbonyl (C=O) groups is 1. The Morgan fingerprint density at radius 2 is 1.96 bits per heavy atom. The second kappa shape index (κ2) is 7.94. The minimum absolute atomic E-state index is 0.0995. The molecule has 0 saturated carbocycles. The lowest BCUT2D eigenvalue weighted by atomic mass is 10.2. The van der Waals surface area contributed by atoms with Crippen LogP contribution in [0.25, 0.3) is 11.5 Å². The van der Waals surface area contributed by atoms with E-state index >= 15 is 0 Å². The molecule has 0 atom stereocenters. The van der Waals surface area contributed by atoms with Gasteiger partial charge in [-0.2, -0.15) is 5.10 Å². The van der Waals surface area contributed by atoms with Crippen LogP contribution < -0.4 is 10.9 Å². The van der Waals surface area contributed by atoms with Crippen LogP contribution in [-0.4, -0.2) is 15.7 Å². The Bertz CT molecular complexity index is 902. The van der Waals surface area contributed by atoms with Gasteiger partial charge in [-0.05, 0) is 48.9 Å². The van der Waals surface area contributed by atoms with Gasteiger partial charge in [-0.3, -0.25) is 9.59 Å². The number of hydrogen-bond donors (Lipinski definition) is 1. The smallest absolute Gasteiger partial charge is 0.266 e. The third-order valence-corrected chi connectivity index (χ3v) is 4.07. The zero-order valence-corrected chi connectivity index (χ0v) is 14.9. The minimum atomic E-state index is -0.205. The van der Waals surface area contributed by atoms with Gasteiger partial charge in [-0.25, -0.2) is 4.68 Å². The maximum Gasteiger partial charge on any atom is 0.266 e. The number of hydrogen-bond acceptors (Lipinski definition) is 4. The highest BCUT2D eigenvalue weighted by molar-refractivity contribution is 9.10. The molecule has 25 heavy (non-hydrogen) atoms. The van der Waals surface area contributed by atoms with Crippen LogP contribution in [-0.2, 0) is 11.3 Å². The Labute approximate surface area is 152 Å². The highest BCUT2D eigenvalue weighted by Gasteiger charge is 2.07. The topological polar surface area (TPSA) is 77.1 Å². The number of aryl methyl sites for hydroxylation is 1. The van der Waals surface area contributed by atoms with Gasteiger partial charge in [0.25, 0.3) is 5.56 Å². The number of rotatable bonds is 6. The first-order chi connectivity index (χ1) is 12.1. The maximum absolute atomic E-state index is 12.0. The Morgan fingerprint density at radius 1 is 1.16 bits per heavy atom. The zero-order valence-electron chi connectivity index (χ0n) is 13.3. The predicted molar refractivity (Wildman–Crippen MR) is 98.2 cm³/mol. The first-order valence-corrected chi connectivity index (χ1v) is 8.58. The van der Waals surface area contributed by atoms with Crippen LogP contribution >= 0.6 is 15.9 Å². The Morgan fingerprint density at radius 3 is 2.68 bits per heavy atom. The lowest BCUT2D eigenvalue weighted by molar-refractivity contribution is -0.116. The highest BCUT2D eigenvalue weighted by atomic mass is 79.9. The molecule has 1 aromatic carbocycles. The van der Waals surface area contributed by atoms with E-state index in [9.17, 15) is 9.59 Å². The quantitative estimate of drug-likeness (QED) is 0.683. The van der Waals surface area contributed by atoms with Crippen LogP contribution in [0.2, 0.25) is 0 Å². The molecule has 0 unspecified atom stereocenters. The minimum Gasteiger partial charge on any atom is -0.463 e. The van der Waals surface area contributed by atoms with E-state index in [4.69, 9.17) is 4.42 Å². The Kier molecular flexibility index (Phi) is 5.45. The van der Waals surface area contributed by atoms with Gasteiger partial charge in [-0.1, -0.05) is 15.9 Å².